The molecular weight excluding hydrogens is 316 g/mol. The van der Waals surface area contributed by atoms with Crippen LogP contribution in [-0.2, 0) is 19.6 Å². The lowest BCUT2D eigenvalue weighted by molar-refractivity contribution is -0.132. The first kappa shape index (κ1) is 17.7. The molecule has 1 fully saturated rings. The molecule has 1 aromatic rings. The van der Waals surface area contributed by atoms with E-state index in [-0.39, 0.29) is 6.54 Å². The van der Waals surface area contributed by atoms with Gasteiger partial charge in [-0.05, 0) is 31.4 Å². The molecule has 3 N–H and O–H groups in total. The minimum atomic E-state index is -3.64. The quantitative estimate of drug-likeness (QED) is 0.813. The van der Waals surface area contributed by atoms with Gasteiger partial charge in [0, 0.05) is 25.2 Å². The van der Waals surface area contributed by atoms with E-state index in [9.17, 15) is 13.2 Å². The molecule has 0 bridgehead atoms. The Balaban J connectivity index is 2.02. The molecule has 0 saturated carbocycles. The van der Waals surface area contributed by atoms with Crippen molar-refractivity contribution in [2.45, 2.75) is 19.8 Å². The van der Waals surface area contributed by atoms with Crippen molar-refractivity contribution in [3.63, 3.8) is 0 Å². The fourth-order valence-electron chi connectivity index (χ4n) is 2.40. The van der Waals surface area contributed by atoms with Crippen molar-refractivity contribution in [2.24, 2.45) is 11.1 Å². The number of hydrogen-bond donors (Lipinski definition) is 2. The van der Waals surface area contributed by atoms with Gasteiger partial charge >= 0.3 is 0 Å². The molecular formula is C16H22N2O4S. The van der Waals surface area contributed by atoms with E-state index in [0.29, 0.717) is 26.1 Å². The van der Waals surface area contributed by atoms with E-state index in [1.807, 2.05) is 31.2 Å². The van der Waals surface area contributed by atoms with Crippen LogP contribution in [0.5, 0.6) is 0 Å². The van der Waals surface area contributed by atoms with Crippen LogP contribution in [-0.4, -0.2) is 34.1 Å². The molecule has 23 heavy (non-hydrogen) atoms. The first-order valence-corrected chi connectivity index (χ1v) is 9.00. The van der Waals surface area contributed by atoms with E-state index in [1.54, 1.807) is 0 Å². The minimum Gasteiger partial charge on any atom is -0.381 e. The molecule has 0 aliphatic carbocycles. The Bertz CT molecular complexity index is 675. The molecule has 0 radical (unpaired) electrons. The van der Waals surface area contributed by atoms with Gasteiger partial charge in [0.05, 0.1) is 5.41 Å². The summed E-state index contributed by atoms with van der Waals surface area (Å²) >= 11 is 0. The molecule has 1 aliphatic heterocycles. The molecule has 1 aromatic carbocycles. The van der Waals surface area contributed by atoms with Crippen molar-refractivity contribution in [3.8, 4) is 0 Å². The number of amides is 1. The maximum absolute atomic E-state index is 12.1. The number of primary amides is 1. The number of aryl methyl sites for hydroxylation is 1. The predicted octanol–water partition coefficient (Wildman–Crippen LogP) is 1.17. The summed E-state index contributed by atoms with van der Waals surface area (Å²) in [7, 11) is -3.64. The molecule has 0 aromatic heterocycles. The van der Waals surface area contributed by atoms with Crippen molar-refractivity contribution < 1.29 is 17.9 Å². The SMILES string of the molecule is Cc1ccc(/C=C/S(=O)(=O)NCC2(C(N)=O)CCOCC2)cc1. The first-order chi connectivity index (χ1) is 10.8. The molecule has 0 spiro atoms. The van der Waals surface area contributed by atoms with Crippen molar-refractivity contribution in [1.82, 2.24) is 4.72 Å². The summed E-state index contributed by atoms with van der Waals surface area (Å²) < 4.78 is 31.9. The second-order valence-electron chi connectivity index (χ2n) is 5.84. The van der Waals surface area contributed by atoms with Gasteiger partial charge < -0.3 is 10.5 Å². The lowest BCUT2D eigenvalue weighted by Crippen LogP contribution is -2.49. The van der Waals surface area contributed by atoms with Gasteiger partial charge in [0.2, 0.25) is 15.9 Å². The summed E-state index contributed by atoms with van der Waals surface area (Å²) in [4.78, 5) is 11.7. The number of benzene rings is 1. The van der Waals surface area contributed by atoms with Gasteiger partial charge in [0.15, 0.2) is 0 Å². The zero-order valence-electron chi connectivity index (χ0n) is 13.1. The van der Waals surface area contributed by atoms with Crippen LogP contribution in [0.25, 0.3) is 6.08 Å². The third kappa shape index (κ3) is 4.89. The number of carbonyl (C=O) groups is 1. The monoisotopic (exact) mass is 338 g/mol. The number of nitrogens with two attached hydrogens (primary N) is 1. The van der Waals surface area contributed by atoms with Crippen LogP contribution >= 0.6 is 0 Å². The fourth-order valence-corrected chi connectivity index (χ4v) is 3.31. The van der Waals surface area contributed by atoms with E-state index in [4.69, 9.17) is 10.5 Å². The first-order valence-electron chi connectivity index (χ1n) is 7.45. The molecule has 1 saturated heterocycles. The van der Waals surface area contributed by atoms with E-state index >= 15 is 0 Å². The Morgan fingerprint density at radius 3 is 2.48 bits per heavy atom. The lowest BCUT2D eigenvalue weighted by Gasteiger charge is -2.33. The largest absolute Gasteiger partial charge is 0.381 e. The molecule has 1 heterocycles. The Kier molecular flexibility index (Phi) is 5.56. The van der Waals surface area contributed by atoms with Crippen LogP contribution in [0, 0.1) is 12.3 Å². The van der Waals surface area contributed by atoms with Gasteiger partial charge in [-0.25, -0.2) is 13.1 Å². The topological polar surface area (TPSA) is 98.5 Å². The van der Waals surface area contributed by atoms with E-state index in [2.05, 4.69) is 4.72 Å². The van der Waals surface area contributed by atoms with E-state index < -0.39 is 21.3 Å². The summed E-state index contributed by atoms with van der Waals surface area (Å²) in [5.41, 5.74) is 6.48. The van der Waals surface area contributed by atoms with E-state index in [0.717, 1.165) is 16.5 Å². The van der Waals surface area contributed by atoms with Gasteiger partial charge in [-0.2, -0.15) is 0 Å². The van der Waals surface area contributed by atoms with Crippen LogP contribution in [0.2, 0.25) is 0 Å². The average Bonchev–Trinajstić information content (AvgIpc) is 2.53. The van der Waals surface area contributed by atoms with Gasteiger partial charge in [-0.1, -0.05) is 29.8 Å². The molecule has 6 nitrogen and oxygen atoms in total. The number of nitrogens with one attached hydrogen (secondary N) is 1. The molecule has 2 rings (SSSR count). The highest BCUT2D eigenvalue weighted by Gasteiger charge is 2.39. The normalized spacial score (nSPS) is 18.1. The summed E-state index contributed by atoms with van der Waals surface area (Å²) in [6.07, 6.45) is 2.36. The van der Waals surface area contributed by atoms with Crippen LogP contribution in [0.3, 0.4) is 0 Å². The van der Waals surface area contributed by atoms with E-state index in [1.165, 1.54) is 6.08 Å². The zero-order chi connectivity index (χ0) is 16.9. The van der Waals surface area contributed by atoms with Crippen molar-refractivity contribution in [1.29, 1.82) is 0 Å². The average molecular weight is 338 g/mol. The van der Waals surface area contributed by atoms with Crippen molar-refractivity contribution in [3.05, 3.63) is 40.8 Å². The second kappa shape index (κ2) is 7.25. The molecule has 0 unspecified atom stereocenters. The Morgan fingerprint density at radius 1 is 1.30 bits per heavy atom. The highest BCUT2D eigenvalue weighted by atomic mass is 32.2. The lowest BCUT2D eigenvalue weighted by atomic mass is 9.80. The van der Waals surface area contributed by atoms with Crippen molar-refractivity contribution in [2.75, 3.05) is 19.8 Å². The standard InChI is InChI=1S/C16H22N2O4S/c1-13-2-4-14(5-3-13)6-11-23(20,21)18-12-16(15(17)19)7-9-22-10-8-16/h2-6,11,18H,7-10,12H2,1H3,(H2,17,19)/b11-6+. The van der Waals surface area contributed by atoms with Crippen LogP contribution in [0.1, 0.15) is 24.0 Å². The smallest absolute Gasteiger partial charge is 0.233 e. The number of sulfonamides is 1. The molecule has 0 atom stereocenters. The highest BCUT2D eigenvalue weighted by molar-refractivity contribution is 7.92. The number of ether oxygens (including phenoxy) is 1. The summed E-state index contributed by atoms with van der Waals surface area (Å²) in [6.45, 7) is 2.77. The Hall–Kier alpha value is -1.70. The molecule has 126 valence electrons. The van der Waals surface area contributed by atoms with Crippen LogP contribution in [0.15, 0.2) is 29.7 Å². The Labute approximate surface area is 136 Å². The highest BCUT2D eigenvalue weighted by Crippen LogP contribution is 2.29. The minimum absolute atomic E-state index is 0.00767. The number of rotatable bonds is 6. The third-order valence-corrected chi connectivity index (χ3v) is 5.14. The number of carbonyl (C=O) groups excluding carboxylic acids is 1. The maximum atomic E-state index is 12.1. The molecule has 1 amide bonds. The maximum Gasteiger partial charge on any atom is 0.233 e. The van der Waals surface area contributed by atoms with Gasteiger partial charge in [0.1, 0.15) is 0 Å². The summed E-state index contributed by atoms with van der Waals surface area (Å²) in [6, 6.07) is 7.49. The molecule has 7 heteroatoms. The second-order valence-corrected chi connectivity index (χ2v) is 7.49. The Morgan fingerprint density at radius 2 is 1.91 bits per heavy atom. The van der Waals surface area contributed by atoms with Crippen molar-refractivity contribution >= 4 is 22.0 Å². The van der Waals surface area contributed by atoms with Crippen LogP contribution < -0.4 is 10.5 Å². The summed E-state index contributed by atoms with van der Waals surface area (Å²) in [5.74, 6) is -0.494. The zero-order valence-corrected chi connectivity index (χ0v) is 13.9. The van der Waals surface area contributed by atoms with Crippen LogP contribution in [0.4, 0.5) is 0 Å². The third-order valence-electron chi connectivity index (χ3n) is 4.10. The number of hydrogen-bond acceptors (Lipinski definition) is 4. The summed E-state index contributed by atoms with van der Waals surface area (Å²) in [5, 5.41) is 1.10. The molecule has 1 aliphatic rings. The van der Waals surface area contributed by atoms with Gasteiger partial charge in [-0.3, -0.25) is 4.79 Å². The fraction of sp³-hybridized carbons (Fsp3) is 0.438. The van der Waals surface area contributed by atoms with Gasteiger partial charge in [0.25, 0.3) is 0 Å². The predicted molar refractivity (Wildman–Crippen MR) is 88.8 cm³/mol. The van der Waals surface area contributed by atoms with Gasteiger partial charge in [-0.15, -0.1) is 0 Å².